The van der Waals surface area contributed by atoms with Crippen molar-refractivity contribution < 1.29 is 5.11 Å². The smallest absolute Gasteiger partial charge is 0.0650 e. The molecule has 1 rings (SSSR count). The standard InChI is InChI=1S/C19H38O/c1-4-5-6-7-8-9-10-11-14-19(20)15-12-13-18(16-19)17(2)3/h17-18,20H,4-16H2,1-3H3. The molecule has 0 aromatic carbocycles. The Hall–Kier alpha value is -0.0400. The van der Waals surface area contributed by atoms with Crippen LogP contribution in [0.4, 0.5) is 0 Å². The fourth-order valence-corrected chi connectivity index (χ4v) is 3.77. The molecule has 2 unspecified atom stereocenters. The van der Waals surface area contributed by atoms with Gasteiger partial charge in [0.25, 0.3) is 0 Å². The van der Waals surface area contributed by atoms with E-state index in [9.17, 15) is 5.11 Å². The van der Waals surface area contributed by atoms with Gasteiger partial charge in [0, 0.05) is 0 Å². The fraction of sp³-hybridized carbons (Fsp3) is 1.00. The molecule has 0 amide bonds. The van der Waals surface area contributed by atoms with Gasteiger partial charge in [-0.1, -0.05) is 78.6 Å². The lowest BCUT2D eigenvalue weighted by atomic mass is 9.72. The van der Waals surface area contributed by atoms with Gasteiger partial charge in [0.1, 0.15) is 0 Å². The Labute approximate surface area is 127 Å². The third-order valence-corrected chi connectivity index (χ3v) is 5.30. The van der Waals surface area contributed by atoms with Crippen LogP contribution in [-0.4, -0.2) is 10.7 Å². The molecule has 120 valence electrons. The number of hydrogen-bond acceptors (Lipinski definition) is 1. The number of aliphatic hydroxyl groups is 1. The summed E-state index contributed by atoms with van der Waals surface area (Å²) in [6.45, 7) is 6.90. The van der Waals surface area contributed by atoms with Crippen LogP contribution in [0.25, 0.3) is 0 Å². The van der Waals surface area contributed by atoms with Gasteiger partial charge in [-0.2, -0.15) is 0 Å². The first kappa shape index (κ1) is 18.0. The van der Waals surface area contributed by atoms with Crippen LogP contribution in [0.2, 0.25) is 0 Å². The topological polar surface area (TPSA) is 20.2 Å². The molecule has 20 heavy (non-hydrogen) atoms. The molecule has 1 N–H and O–H groups in total. The van der Waals surface area contributed by atoms with Crippen LogP contribution in [0.15, 0.2) is 0 Å². The molecule has 1 fully saturated rings. The van der Waals surface area contributed by atoms with Gasteiger partial charge in [-0.15, -0.1) is 0 Å². The van der Waals surface area contributed by atoms with Crippen LogP contribution < -0.4 is 0 Å². The fourth-order valence-electron chi connectivity index (χ4n) is 3.77. The zero-order chi connectivity index (χ0) is 14.8. The highest BCUT2D eigenvalue weighted by molar-refractivity contribution is 4.87. The third-order valence-electron chi connectivity index (χ3n) is 5.30. The summed E-state index contributed by atoms with van der Waals surface area (Å²) in [5.74, 6) is 1.49. The molecule has 1 nitrogen and oxygen atoms in total. The summed E-state index contributed by atoms with van der Waals surface area (Å²) in [6, 6.07) is 0. The van der Waals surface area contributed by atoms with Gasteiger partial charge < -0.3 is 5.11 Å². The first-order valence-corrected chi connectivity index (χ1v) is 9.30. The molecule has 1 heteroatoms. The van der Waals surface area contributed by atoms with Crippen LogP contribution in [0, 0.1) is 11.8 Å². The Morgan fingerprint density at radius 2 is 1.60 bits per heavy atom. The van der Waals surface area contributed by atoms with Crippen molar-refractivity contribution in [2.45, 2.75) is 110 Å². The summed E-state index contributed by atoms with van der Waals surface area (Å²) in [4.78, 5) is 0. The first-order chi connectivity index (χ1) is 9.57. The van der Waals surface area contributed by atoms with E-state index >= 15 is 0 Å². The van der Waals surface area contributed by atoms with Crippen LogP contribution >= 0.6 is 0 Å². The van der Waals surface area contributed by atoms with E-state index < -0.39 is 0 Å². The minimum Gasteiger partial charge on any atom is -0.390 e. The highest BCUT2D eigenvalue weighted by Crippen LogP contribution is 2.39. The minimum absolute atomic E-state index is 0.324. The van der Waals surface area contributed by atoms with E-state index in [-0.39, 0.29) is 5.60 Å². The summed E-state index contributed by atoms with van der Waals surface area (Å²) in [5, 5.41) is 10.8. The van der Waals surface area contributed by atoms with E-state index in [4.69, 9.17) is 0 Å². The van der Waals surface area contributed by atoms with Gasteiger partial charge in [0.05, 0.1) is 5.60 Å². The first-order valence-electron chi connectivity index (χ1n) is 9.30. The van der Waals surface area contributed by atoms with E-state index in [2.05, 4.69) is 20.8 Å². The maximum atomic E-state index is 10.8. The van der Waals surface area contributed by atoms with Crippen molar-refractivity contribution >= 4 is 0 Å². The Morgan fingerprint density at radius 3 is 2.20 bits per heavy atom. The Balaban J connectivity index is 2.08. The van der Waals surface area contributed by atoms with Crippen molar-refractivity contribution in [2.75, 3.05) is 0 Å². The molecule has 0 saturated heterocycles. The van der Waals surface area contributed by atoms with Crippen LogP contribution in [0.3, 0.4) is 0 Å². The molecule has 0 heterocycles. The molecule has 1 aliphatic rings. The maximum Gasteiger partial charge on any atom is 0.0650 e. The third kappa shape index (κ3) is 7.11. The predicted molar refractivity (Wildman–Crippen MR) is 89.0 cm³/mol. The van der Waals surface area contributed by atoms with Crippen molar-refractivity contribution in [1.29, 1.82) is 0 Å². The molecule has 0 aromatic heterocycles. The molecular weight excluding hydrogens is 244 g/mol. The van der Waals surface area contributed by atoms with Gasteiger partial charge in [-0.05, 0) is 37.5 Å². The van der Waals surface area contributed by atoms with Crippen molar-refractivity contribution in [1.82, 2.24) is 0 Å². The number of rotatable bonds is 10. The van der Waals surface area contributed by atoms with Gasteiger partial charge in [-0.25, -0.2) is 0 Å². The van der Waals surface area contributed by atoms with Gasteiger partial charge in [0.15, 0.2) is 0 Å². The molecule has 0 radical (unpaired) electrons. The lowest BCUT2D eigenvalue weighted by molar-refractivity contribution is -0.0328. The Kier molecular flexibility index (Phi) is 8.84. The quantitative estimate of drug-likeness (QED) is 0.480. The normalized spacial score (nSPS) is 27.1. The van der Waals surface area contributed by atoms with Crippen LogP contribution in [0.1, 0.15) is 104 Å². The van der Waals surface area contributed by atoms with Crippen molar-refractivity contribution in [3.05, 3.63) is 0 Å². The summed E-state index contributed by atoms with van der Waals surface area (Å²) in [5.41, 5.74) is -0.324. The number of unbranched alkanes of at least 4 members (excludes halogenated alkanes) is 7. The number of hydrogen-bond donors (Lipinski definition) is 1. The zero-order valence-electron chi connectivity index (χ0n) is 14.3. The predicted octanol–water partition coefficient (Wildman–Crippen LogP) is 6.09. The molecule has 0 aliphatic heterocycles. The monoisotopic (exact) mass is 282 g/mol. The molecule has 0 aromatic rings. The van der Waals surface area contributed by atoms with Crippen LogP contribution in [0.5, 0.6) is 0 Å². The highest BCUT2D eigenvalue weighted by atomic mass is 16.3. The second-order valence-corrected chi connectivity index (χ2v) is 7.55. The van der Waals surface area contributed by atoms with E-state index in [0.717, 1.165) is 31.1 Å². The Morgan fingerprint density at radius 1 is 1.00 bits per heavy atom. The van der Waals surface area contributed by atoms with Gasteiger partial charge >= 0.3 is 0 Å². The molecule has 0 spiro atoms. The lowest BCUT2D eigenvalue weighted by Gasteiger charge is -2.38. The lowest BCUT2D eigenvalue weighted by Crippen LogP contribution is -2.36. The molecule has 0 bridgehead atoms. The largest absolute Gasteiger partial charge is 0.390 e. The summed E-state index contributed by atoms with van der Waals surface area (Å²) in [7, 11) is 0. The SMILES string of the molecule is CCCCCCCCCCC1(O)CCCC(C(C)C)C1. The summed E-state index contributed by atoms with van der Waals surface area (Å²) < 4.78 is 0. The molecule has 2 atom stereocenters. The van der Waals surface area contributed by atoms with Crippen molar-refractivity contribution in [3.8, 4) is 0 Å². The zero-order valence-corrected chi connectivity index (χ0v) is 14.3. The average Bonchev–Trinajstić information content (AvgIpc) is 2.42. The maximum absolute atomic E-state index is 10.8. The summed E-state index contributed by atoms with van der Waals surface area (Å²) in [6.07, 6.45) is 16.6. The van der Waals surface area contributed by atoms with E-state index in [1.165, 1.54) is 64.2 Å². The van der Waals surface area contributed by atoms with E-state index in [1.807, 2.05) is 0 Å². The van der Waals surface area contributed by atoms with Crippen molar-refractivity contribution in [3.63, 3.8) is 0 Å². The second-order valence-electron chi connectivity index (χ2n) is 7.55. The molecule has 1 saturated carbocycles. The highest BCUT2D eigenvalue weighted by Gasteiger charge is 2.34. The minimum atomic E-state index is -0.324. The van der Waals surface area contributed by atoms with Gasteiger partial charge in [0.2, 0.25) is 0 Å². The Bertz CT molecular complexity index is 236. The van der Waals surface area contributed by atoms with Crippen LogP contribution in [-0.2, 0) is 0 Å². The average molecular weight is 283 g/mol. The summed E-state index contributed by atoms with van der Waals surface area (Å²) >= 11 is 0. The molecule has 1 aliphatic carbocycles. The van der Waals surface area contributed by atoms with Crippen molar-refractivity contribution in [2.24, 2.45) is 11.8 Å². The van der Waals surface area contributed by atoms with Gasteiger partial charge in [-0.3, -0.25) is 0 Å². The van der Waals surface area contributed by atoms with E-state index in [0.29, 0.717) is 0 Å². The molecular formula is C19H38O. The second kappa shape index (κ2) is 9.82. The van der Waals surface area contributed by atoms with E-state index in [1.54, 1.807) is 0 Å².